The third-order valence-electron chi connectivity index (χ3n) is 0.591. The minimum Gasteiger partial charge on any atom is -0.318 e. The number of aliphatic imine (C=N–C) groups is 1. The Hall–Kier alpha value is -0.410. The van der Waals surface area contributed by atoms with Crippen LogP contribution in [0.3, 0.4) is 0 Å². The normalized spacial score (nSPS) is 8.71. The lowest BCUT2D eigenvalue weighted by Gasteiger charge is -1.92. The molecule has 0 heterocycles. The van der Waals surface area contributed by atoms with Crippen LogP contribution < -0.4 is 11.1 Å². The first-order valence-electron chi connectivity index (χ1n) is 2.25. The Morgan fingerprint density at radius 1 is 1.71 bits per heavy atom. The molecule has 0 aromatic carbocycles. The molecule has 0 radical (unpaired) electrons. The summed E-state index contributed by atoms with van der Waals surface area (Å²) >= 11 is 0. The van der Waals surface area contributed by atoms with Gasteiger partial charge in [-0.25, -0.2) is 0 Å². The first-order valence-corrected chi connectivity index (χ1v) is 2.25. The Labute approximate surface area is 43.6 Å². The summed E-state index contributed by atoms with van der Waals surface area (Å²) in [6.45, 7) is 5.41. The van der Waals surface area contributed by atoms with Gasteiger partial charge >= 0.3 is 0 Å². The van der Waals surface area contributed by atoms with Crippen LogP contribution >= 0.6 is 0 Å². The molecule has 0 bridgehead atoms. The quantitative estimate of drug-likeness (QED) is 0.276. The third kappa shape index (κ3) is 5.59. The Balaban J connectivity index is 2.56. The van der Waals surface area contributed by atoms with Gasteiger partial charge in [0.15, 0.2) is 0 Å². The monoisotopic (exact) mass is 101 g/mol. The van der Waals surface area contributed by atoms with Gasteiger partial charge in [-0.1, -0.05) is 0 Å². The van der Waals surface area contributed by atoms with Crippen LogP contribution in [-0.4, -0.2) is 26.5 Å². The second-order valence-corrected chi connectivity index (χ2v) is 1.15. The number of nitrogens with two attached hydrogens (primary N) is 1. The van der Waals surface area contributed by atoms with Gasteiger partial charge in [0.05, 0.1) is 6.54 Å². The van der Waals surface area contributed by atoms with Gasteiger partial charge in [0, 0.05) is 13.2 Å². The number of hydrogen-bond donors (Lipinski definition) is 2. The van der Waals surface area contributed by atoms with Crippen LogP contribution in [-0.2, 0) is 0 Å². The summed E-state index contributed by atoms with van der Waals surface area (Å²) in [7, 11) is 0. The summed E-state index contributed by atoms with van der Waals surface area (Å²) in [4.78, 5) is 3.61. The molecule has 0 aliphatic carbocycles. The minimum atomic E-state index is 0.523. The summed E-state index contributed by atoms with van der Waals surface area (Å²) in [6.07, 6.45) is 0. The Morgan fingerprint density at radius 2 is 2.43 bits per heavy atom. The molecule has 0 spiro atoms. The fourth-order valence-corrected chi connectivity index (χ4v) is 0.260. The van der Waals surface area contributed by atoms with Crippen molar-refractivity contribution in [2.24, 2.45) is 10.7 Å². The summed E-state index contributed by atoms with van der Waals surface area (Å²) in [5.41, 5.74) is 5.10. The highest BCUT2D eigenvalue weighted by atomic mass is 15.0. The molecule has 0 aliphatic rings. The zero-order valence-corrected chi connectivity index (χ0v) is 4.35. The highest BCUT2D eigenvalue weighted by Crippen LogP contribution is 1.57. The van der Waals surface area contributed by atoms with Crippen molar-refractivity contribution in [2.45, 2.75) is 0 Å². The molecule has 3 N–H and O–H groups in total. The van der Waals surface area contributed by atoms with Gasteiger partial charge in [-0.15, -0.1) is 0 Å². The van der Waals surface area contributed by atoms with E-state index in [1.165, 1.54) is 0 Å². The van der Waals surface area contributed by atoms with Crippen LogP contribution in [0.15, 0.2) is 4.99 Å². The second-order valence-electron chi connectivity index (χ2n) is 1.15. The van der Waals surface area contributed by atoms with Crippen LogP contribution in [0.4, 0.5) is 0 Å². The van der Waals surface area contributed by atoms with E-state index in [0.717, 1.165) is 13.1 Å². The molecule has 0 amide bonds. The molecule has 7 heavy (non-hydrogen) atoms. The van der Waals surface area contributed by atoms with Crippen molar-refractivity contribution >= 4 is 6.72 Å². The zero-order valence-electron chi connectivity index (χ0n) is 4.35. The average Bonchev–Trinajstić information content (AvgIpc) is 1.69. The van der Waals surface area contributed by atoms with E-state index >= 15 is 0 Å². The second kappa shape index (κ2) is 5.59. The Bertz CT molecular complexity index is 44.2. The Kier molecular flexibility index (Phi) is 5.26. The van der Waals surface area contributed by atoms with E-state index in [1.54, 1.807) is 0 Å². The molecule has 0 saturated heterocycles. The lowest BCUT2D eigenvalue weighted by molar-refractivity contribution is 0.711. The molecule has 0 fully saturated rings. The molecule has 0 aromatic heterocycles. The Morgan fingerprint density at radius 3 is 2.86 bits per heavy atom. The van der Waals surface area contributed by atoms with Gasteiger partial charge in [-0.05, 0) is 6.72 Å². The average molecular weight is 101 g/mol. The van der Waals surface area contributed by atoms with Crippen LogP contribution in [0.25, 0.3) is 0 Å². The van der Waals surface area contributed by atoms with Gasteiger partial charge in [-0.3, -0.25) is 4.99 Å². The molecular formula is C4H11N3. The van der Waals surface area contributed by atoms with E-state index in [9.17, 15) is 0 Å². The number of hydrogen-bond acceptors (Lipinski definition) is 3. The van der Waals surface area contributed by atoms with Crippen LogP contribution in [0, 0.1) is 0 Å². The molecule has 3 nitrogen and oxygen atoms in total. The zero-order chi connectivity index (χ0) is 5.54. The maximum atomic E-state index is 5.10. The lowest BCUT2D eigenvalue weighted by atomic mass is 10.6. The van der Waals surface area contributed by atoms with E-state index in [4.69, 9.17) is 5.73 Å². The van der Waals surface area contributed by atoms with Gasteiger partial charge < -0.3 is 11.1 Å². The molecule has 0 unspecified atom stereocenters. The van der Waals surface area contributed by atoms with E-state index in [2.05, 4.69) is 17.0 Å². The first-order chi connectivity index (χ1) is 3.41. The van der Waals surface area contributed by atoms with Crippen molar-refractivity contribution in [3.05, 3.63) is 0 Å². The van der Waals surface area contributed by atoms with Crippen LogP contribution in [0.5, 0.6) is 0 Å². The summed E-state index contributed by atoms with van der Waals surface area (Å²) in [6, 6.07) is 0. The minimum absolute atomic E-state index is 0.523. The maximum absolute atomic E-state index is 5.10. The number of rotatable bonds is 4. The van der Waals surface area contributed by atoms with Crippen molar-refractivity contribution in [2.75, 3.05) is 19.8 Å². The topological polar surface area (TPSA) is 50.4 Å². The predicted octanol–water partition coefficient (Wildman–Crippen LogP) is -0.807. The highest BCUT2D eigenvalue weighted by Gasteiger charge is 1.74. The van der Waals surface area contributed by atoms with Gasteiger partial charge in [0.1, 0.15) is 0 Å². The van der Waals surface area contributed by atoms with Crippen molar-refractivity contribution in [3.63, 3.8) is 0 Å². The van der Waals surface area contributed by atoms with E-state index in [0.29, 0.717) is 6.67 Å². The van der Waals surface area contributed by atoms with Gasteiger partial charge in [-0.2, -0.15) is 0 Å². The summed E-state index contributed by atoms with van der Waals surface area (Å²) in [5, 5.41) is 2.89. The standard InChI is InChI=1S/C4H11N3/c1-6-2-3-7-4-5/h7H,1-5H2. The molecule has 0 atom stereocenters. The van der Waals surface area contributed by atoms with Crippen LogP contribution in [0.1, 0.15) is 0 Å². The third-order valence-corrected chi connectivity index (χ3v) is 0.591. The van der Waals surface area contributed by atoms with Crippen molar-refractivity contribution in [1.82, 2.24) is 5.32 Å². The van der Waals surface area contributed by atoms with E-state index in [-0.39, 0.29) is 0 Å². The molecule has 0 aliphatic heterocycles. The lowest BCUT2D eigenvalue weighted by Crippen LogP contribution is -2.24. The molecule has 0 saturated carbocycles. The molecule has 42 valence electrons. The SMILES string of the molecule is C=NCCNCN. The fraction of sp³-hybridized carbons (Fsp3) is 0.750. The van der Waals surface area contributed by atoms with Crippen molar-refractivity contribution in [1.29, 1.82) is 0 Å². The smallest absolute Gasteiger partial charge is 0.0507 e. The largest absolute Gasteiger partial charge is 0.318 e. The molecule has 3 heteroatoms. The van der Waals surface area contributed by atoms with Gasteiger partial charge in [0.25, 0.3) is 0 Å². The van der Waals surface area contributed by atoms with E-state index < -0.39 is 0 Å². The molecule has 0 rings (SSSR count). The summed E-state index contributed by atoms with van der Waals surface area (Å²) in [5.74, 6) is 0. The number of nitrogens with zero attached hydrogens (tertiary/aromatic N) is 1. The number of nitrogens with one attached hydrogen (secondary N) is 1. The molecular weight excluding hydrogens is 90.1 g/mol. The van der Waals surface area contributed by atoms with E-state index in [1.807, 2.05) is 0 Å². The van der Waals surface area contributed by atoms with Gasteiger partial charge in [0.2, 0.25) is 0 Å². The highest BCUT2D eigenvalue weighted by molar-refractivity contribution is 5.23. The van der Waals surface area contributed by atoms with Crippen molar-refractivity contribution in [3.8, 4) is 0 Å². The maximum Gasteiger partial charge on any atom is 0.0507 e. The molecule has 0 aromatic rings. The fourth-order valence-electron chi connectivity index (χ4n) is 0.260. The van der Waals surface area contributed by atoms with Crippen molar-refractivity contribution < 1.29 is 0 Å². The summed E-state index contributed by atoms with van der Waals surface area (Å²) < 4.78 is 0. The van der Waals surface area contributed by atoms with Crippen LogP contribution in [0.2, 0.25) is 0 Å². The first kappa shape index (κ1) is 6.59. The predicted molar refractivity (Wildman–Crippen MR) is 31.5 cm³/mol.